The molecule has 0 aliphatic carbocycles. The molecule has 0 unspecified atom stereocenters. The van der Waals surface area contributed by atoms with Crippen LogP contribution in [0.1, 0.15) is 0 Å². The van der Waals surface area contributed by atoms with Crippen molar-refractivity contribution in [2.75, 3.05) is 0 Å². The van der Waals surface area contributed by atoms with Crippen LogP contribution in [-0.4, -0.2) is 9.85 Å². The van der Waals surface area contributed by atoms with E-state index in [1.165, 1.54) is 24.3 Å². The fourth-order valence-corrected chi connectivity index (χ4v) is 3.12. The molecule has 4 aromatic carbocycles. The van der Waals surface area contributed by atoms with E-state index in [9.17, 15) is 20.2 Å². The average molecular weight is 412 g/mol. The van der Waals surface area contributed by atoms with E-state index in [-0.39, 0.29) is 11.4 Å². The summed E-state index contributed by atoms with van der Waals surface area (Å²) in [4.78, 5) is 20.7. The van der Waals surface area contributed by atoms with Crippen molar-refractivity contribution in [3.8, 4) is 33.8 Å². The van der Waals surface area contributed by atoms with Crippen molar-refractivity contribution in [3.05, 3.63) is 117 Å². The molecule has 0 saturated carbocycles. The number of nitro benzene ring substituents is 2. The van der Waals surface area contributed by atoms with Crippen molar-refractivity contribution < 1.29 is 14.6 Å². The molecule has 0 saturated heterocycles. The fourth-order valence-electron chi connectivity index (χ4n) is 3.12. The van der Waals surface area contributed by atoms with E-state index in [2.05, 4.69) is 0 Å². The minimum atomic E-state index is -0.423. The van der Waals surface area contributed by atoms with Crippen LogP contribution in [0, 0.1) is 20.2 Å². The van der Waals surface area contributed by atoms with Gasteiger partial charge in [-0.1, -0.05) is 24.3 Å². The molecule has 0 radical (unpaired) electrons. The zero-order valence-electron chi connectivity index (χ0n) is 16.2. The number of ether oxygens (including phenoxy) is 1. The van der Waals surface area contributed by atoms with E-state index >= 15 is 0 Å². The van der Waals surface area contributed by atoms with Gasteiger partial charge in [0.05, 0.1) is 9.85 Å². The summed E-state index contributed by atoms with van der Waals surface area (Å²) < 4.78 is 5.88. The number of non-ortho nitro benzene ring substituents is 2. The van der Waals surface area contributed by atoms with Gasteiger partial charge in [-0.2, -0.15) is 0 Å². The van der Waals surface area contributed by atoms with Crippen LogP contribution >= 0.6 is 0 Å². The number of hydrogen-bond donors (Lipinski definition) is 0. The molecule has 0 spiro atoms. The van der Waals surface area contributed by atoms with Gasteiger partial charge in [-0.25, -0.2) is 0 Å². The van der Waals surface area contributed by atoms with Crippen LogP contribution in [0.3, 0.4) is 0 Å². The standard InChI is InChI=1S/C24H16N2O5/c27-25(28)21-9-1-17(2-10-21)19-5-13-23(14-6-19)31-24-15-7-20(8-16-24)18-3-11-22(12-4-18)26(29)30/h1-16H. The lowest BCUT2D eigenvalue weighted by atomic mass is 10.1. The minimum Gasteiger partial charge on any atom is -0.457 e. The minimum absolute atomic E-state index is 0.0564. The van der Waals surface area contributed by atoms with E-state index in [1.54, 1.807) is 24.3 Å². The van der Waals surface area contributed by atoms with Gasteiger partial charge >= 0.3 is 0 Å². The van der Waals surface area contributed by atoms with E-state index in [0.29, 0.717) is 11.5 Å². The van der Waals surface area contributed by atoms with Crippen molar-refractivity contribution >= 4 is 11.4 Å². The molecular formula is C24H16N2O5. The zero-order valence-corrected chi connectivity index (χ0v) is 16.2. The second kappa shape index (κ2) is 8.46. The van der Waals surface area contributed by atoms with Crippen LogP contribution in [0.15, 0.2) is 97.1 Å². The van der Waals surface area contributed by atoms with Gasteiger partial charge in [0.25, 0.3) is 11.4 Å². The van der Waals surface area contributed by atoms with Crippen molar-refractivity contribution in [3.63, 3.8) is 0 Å². The average Bonchev–Trinajstić information content (AvgIpc) is 2.80. The molecule has 0 fully saturated rings. The highest BCUT2D eigenvalue weighted by Gasteiger charge is 2.07. The van der Waals surface area contributed by atoms with Gasteiger partial charge in [-0.3, -0.25) is 20.2 Å². The molecule has 0 aliphatic heterocycles. The lowest BCUT2D eigenvalue weighted by Gasteiger charge is -2.08. The maximum absolute atomic E-state index is 10.8. The molecule has 0 N–H and O–H groups in total. The lowest BCUT2D eigenvalue weighted by Crippen LogP contribution is -1.88. The fraction of sp³-hybridized carbons (Fsp3) is 0. The van der Waals surface area contributed by atoms with Gasteiger partial charge in [-0.15, -0.1) is 0 Å². The topological polar surface area (TPSA) is 95.5 Å². The molecule has 4 rings (SSSR count). The first-order valence-electron chi connectivity index (χ1n) is 9.37. The van der Waals surface area contributed by atoms with E-state index < -0.39 is 9.85 Å². The van der Waals surface area contributed by atoms with E-state index in [4.69, 9.17) is 4.74 Å². The molecule has 0 atom stereocenters. The Morgan fingerprint density at radius 1 is 0.452 bits per heavy atom. The summed E-state index contributed by atoms with van der Waals surface area (Å²) >= 11 is 0. The zero-order chi connectivity index (χ0) is 21.8. The van der Waals surface area contributed by atoms with Gasteiger partial charge in [0.15, 0.2) is 0 Å². The molecule has 0 bridgehead atoms. The predicted molar refractivity (Wildman–Crippen MR) is 117 cm³/mol. The van der Waals surface area contributed by atoms with Crippen molar-refractivity contribution in [2.24, 2.45) is 0 Å². The van der Waals surface area contributed by atoms with Crippen LogP contribution in [-0.2, 0) is 0 Å². The highest BCUT2D eigenvalue weighted by Crippen LogP contribution is 2.29. The Hall–Kier alpha value is -4.52. The highest BCUT2D eigenvalue weighted by atomic mass is 16.6. The number of benzene rings is 4. The summed E-state index contributed by atoms with van der Waals surface area (Å²) in [7, 11) is 0. The van der Waals surface area contributed by atoms with Crippen molar-refractivity contribution in [2.45, 2.75) is 0 Å². The first kappa shape index (κ1) is 19.8. The van der Waals surface area contributed by atoms with Gasteiger partial charge in [0.2, 0.25) is 0 Å². The van der Waals surface area contributed by atoms with Crippen molar-refractivity contribution in [1.82, 2.24) is 0 Å². The quantitative estimate of drug-likeness (QED) is 0.262. The van der Waals surface area contributed by atoms with Crippen LogP contribution in [0.5, 0.6) is 11.5 Å². The number of nitrogens with zero attached hydrogens (tertiary/aromatic N) is 2. The molecule has 4 aromatic rings. The van der Waals surface area contributed by atoms with Crippen LogP contribution < -0.4 is 4.74 Å². The maximum atomic E-state index is 10.8. The third-order valence-electron chi connectivity index (χ3n) is 4.77. The Labute approximate surface area is 177 Å². The molecule has 7 nitrogen and oxygen atoms in total. The SMILES string of the molecule is O=[N+]([O-])c1ccc(-c2ccc(Oc3ccc(-c4ccc([N+](=O)[O-])cc4)cc3)cc2)cc1. The van der Waals surface area contributed by atoms with Gasteiger partial charge < -0.3 is 4.74 Å². The third-order valence-corrected chi connectivity index (χ3v) is 4.77. The predicted octanol–water partition coefficient (Wildman–Crippen LogP) is 6.63. The Bertz CT molecular complexity index is 1120. The normalized spacial score (nSPS) is 10.5. The summed E-state index contributed by atoms with van der Waals surface area (Å²) in [5.41, 5.74) is 3.72. The first-order chi connectivity index (χ1) is 15.0. The van der Waals surface area contributed by atoms with Gasteiger partial charge in [0, 0.05) is 24.3 Å². The summed E-state index contributed by atoms with van der Waals surface area (Å²) in [5.74, 6) is 1.32. The Morgan fingerprint density at radius 2 is 0.710 bits per heavy atom. The highest BCUT2D eigenvalue weighted by molar-refractivity contribution is 5.67. The second-order valence-electron chi connectivity index (χ2n) is 6.76. The number of hydrogen-bond acceptors (Lipinski definition) is 5. The molecule has 0 aliphatic rings. The maximum Gasteiger partial charge on any atom is 0.269 e. The lowest BCUT2D eigenvalue weighted by molar-refractivity contribution is -0.385. The first-order valence-corrected chi connectivity index (χ1v) is 9.37. The second-order valence-corrected chi connectivity index (χ2v) is 6.76. The number of rotatable bonds is 6. The van der Waals surface area contributed by atoms with Gasteiger partial charge in [0.1, 0.15) is 11.5 Å². The van der Waals surface area contributed by atoms with Crippen LogP contribution in [0.25, 0.3) is 22.3 Å². The largest absolute Gasteiger partial charge is 0.457 e. The monoisotopic (exact) mass is 412 g/mol. The smallest absolute Gasteiger partial charge is 0.269 e. The Kier molecular flexibility index (Phi) is 5.40. The Balaban J connectivity index is 1.44. The molecule has 152 valence electrons. The summed E-state index contributed by atoms with van der Waals surface area (Å²) in [6.07, 6.45) is 0. The van der Waals surface area contributed by atoms with Crippen LogP contribution in [0.2, 0.25) is 0 Å². The molecule has 7 heteroatoms. The number of nitro groups is 2. The molecule has 0 aromatic heterocycles. The van der Waals surface area contributed by atoms with Gasteiger partial charge in [-0.05, 0) is 70.8 Å². The van der Waals surface area contributed by atoms with E-state index in [0.717, 1.165) is 22.3 Å². The Morgan fingerprint density at radius 3 is 0.968 bits per heavy atom. The summed E-state index contributed by atoms with van der Waals surface area (Å²) in [5, 5.41) is 21.5. The summed E-state index contributed by atoms with van der Waals surface area (Å²) in [6.45, 7) is 0. The molecule has 0 amide bonds. The van der Waals surface area contributed by atoms with Crippen LogP contribution in [0.4, 0.5) is 11.4 Å². The molecule has 31 heavy (non-hydrogen) atoms. The molecule has 0 heterocycles. The third kappa shape index (κ3) is 4.56. The molecular weight excluding hydrogens is 396 g/mol. The van der Waals surface area contributed by atoms with E-state index in [1.807, 2.05) is 48.5 Å². The summed E-state index contributed by atoms with van der Waals surface area (Å²) in [6, 6.07) is 27.7. The van der Waals surface area contributed by atoms with Crippen molar-refractivity contribution in [1.29, 1.82) is 0 Å².